The molecule has 0 aliphatic carbocycles. The second-order valence-electron chi connectivity index (χ2n) is 6.63. The van der Waals surface area contributed by atoms with Crippen molar-refractivity contribution in [2.75, 3.05) is 26.3 Å². The van der Waals surface area contributed by atoms with Crippen LogP contribution in [0.5, 0.6) is 11.5 Å². The van der Waals surface area contributed by atoms with Gasteiger partial charge in [0.25, 0.3) is 5.91 Å². The van der Waals surface area contributed by atoms with Gasteiger partial charge < -0.3 is 14.8 Å². The van der Waals surface area contributed by atoms with E-state index in [2.05, 4.69) is 22.3 Å². The Hall–Kier alpha value is -1.76. The van der Waals surface area contributed by atoms with Crippen molar-refractivity contribution in [3.63, 3.8) is 0 Å². The Balaban J connectivity index is 1.36. The first kappa shape index (κ1) is 17.6. The summed E-state index contributed by atoms with van der Waals surface area (Å²) in [6.07, 6.45) is 2.06. The summed E-state index contributed by atoms with van der Waals surface area (Å²) in [5, 5.41) is 5.77. The van der Waals surface area contributed by atoms with Gasteiger partial charge in [0, 0.05) is 29.5 Å². The first-order chi connectivity index (χ1) is 12.7. The Morgan fingerprint density at radius 3 is 2.92 bits per heavy atom. The third kappa shape index (κ3) is 3.98. The number of fused-ring (bicyclic) bond motifs is 1. The summed E-state index contributed by atoms with van der Waals surface area (Å²) in [5.74, 6) is 1.20. The van der Waals surface area contributed by atoms with Crippen molar-refractivity contribution < 1.29 is 14.3 Å². The molecule has 1 aromatic carbocycles. The number of carbonyl (C=O) groups excluding carboxylic acids is 1. The normalized spacial score (nSPS) is 20.0. The Morgan fingerprint density at radius 1 is 1.27 bits per heavy atom. The van der Waals surface area contributed by atoms with Gasteiger partial charge in [0.2, 0.25) is 0 Å². The second-order valence-corrected chi connectivity index (χ2v) is 7.95. The standard InChI is InChI=1S/C19H21ClN2O3S/c20-14-5-3-13(4-6-14)10-22-7-1-2-15(11-22)21-19(23)18-17-16(12-26-18)24-8-9-25-17/h3-6,12,15H,1-2,7-11H2,(H,21,23)/t15-/m0/s1. The molecule has 5 nitrogen and oxygen atoms in total. The third-order valence-corrected chi connectivity index (χ3v) is 5.86. The molecule has 0 unspecified atom stereocenters. The minimum atomic E-state index is -0.0694. The molecule has 1 atom stereocenters. The smallest absolute Gasteiger partial charge is 0.265 e. The van der Waals surface area contributed by atoms with Crippen LogP contribution in [0.3, 0.4) is 0 Å². The van der Waals surface area contributed by atoms with Crippen molar-refractivity contribution >= 4 is 28.8 Å². The fraction of sp³-hybridized carbons (Fsp3) is 0.421. The Bertz CT molecular complexity index is 778. The molecule has 2 aliphatic rings. The molecule has 1 saturated heterocycles. The number of thiophene rings is 1. The summed E-state index contributed by atoms with van der Waals surface area (Å²) in [6, 6.07) is 8.09. The van der Waals surface area contributed by atoms with Crippen LogP contribution in [0.1, 0.15) is 28.1 Å². The van der Waals surface area contributed by atoms with Gasteiger partial charge in [-0.1, -0.05) is 23.7 Å². The van der Waals surface area contributed by atoms with Crippen LogP contribution in [0.4, 0.5) is 0 Å². The van der Waals surface area contributed by atoms with Crippen molar-refractivity contribution in [1.29, 1.82) is 0 Å². The van der Waals surface area contributed by atoms with Crippen LogP contribution in [0.15, 0.2) is 29.6 Å². The van der Waals surface area contributed by atoms with E-state index in [9.17, 15) is 4.79 Å². The lowest BCUT2D eigenvalue weighted by Crippen LogP contribution is -2.47. The fourth-order valence-electron chi connectivity index (χ4n) is 3.44. The van der Waals surface area contributed by atoms with Crippen LogP contribution in [0, 0.1) is 0 Å². The maximum atomic E-state index is 12.7. The lowest BCUT2D eigenvalue weighted by Gasteiger charge is -2.33. The maximum absolute atomic E-state index is 12.7. The zero-order valence-electron chi connectivity index (χ0n) is 14.4. The van der Waals surface area contributed by atoms with E-state index in [1.807, 2.05) is 17.5 Å². The molecule has 138 valence electrons. The van der Waals surface area contributed by atoms with Crippen molar-refractivity contribution in [3.05, 3.63) is 45.1 Å². The molecule has 3 heterocycles. The molecule has 1 N–H and O–H groups in total. The monoisotopic (exact) mass is 392 g/mol. The number of ether oxygens (including phenoxy) is 2. The molecule has 2 aliphatic heterocycles. The van der Waals surface area contributed by atoms with Crippen molar-refractivity contribution in [2.45, 2.75) is 25.4 Å². The Labute approximate surface area is 161 Å². The minimum Gasteiger partial charge on any atom is -0.485 e. The highest BCUT2D eigenvalue weighted by molar-refractivity contribution is 7.12. The molecule has 0 saturated carbocycles. The molecule has 0 spiro atoms. The summed E-state index contributed by atoms with van der Waals surface area (Å²) in [6.45, 7) is 3.78. The van der Waals surface area contributed by atoms with E-state index in [1.165, 1.54) is 16.9 Å². The molecule has 1 fully saturated rings. The lowest BCUT2D eigenvalue weighted by atomic mass is 10.0. The molecule has 26 heavy (non-hydrogen) atoms. The summed E-state index contributed by atoms with van der Waals surface area (Å²) < 4.78 is 11.1. The van der Waals surface area contributed by atoms with Gasteiger partial charge in [0.05, 0.1) is 0 Å². The summed E-state index contributed by atoms with van der Waals surface area (Å²) >= 11 is 7.33. The molecule has 4 rings (SSSR count). The Kier molecular flexibility index (Phi) is 5.33. The van der Waals surface area contributed by atoms with Crippen LogP contribution in [0.25, 0.3) is 0 Å². The lowest BCUT2D eigenvalue weighted by molar-refractivity contribution is 0.0896. The highest BCUT2D eigenvalue weighted by atomic mass is 35.5. The average molecular weight is 393 g/mol. The number of amides is 1. The highest BCUT2D eigenvalue weighted by Gasteiger charge is 2.27. The van der Waals surface area contributed by atoms with Crippen LogP contribution in [0.2, 0.25) is 5.02 Å². The van der Waals surface area contributed by atoms with E-state index in [0.29, 0.717) is 29.6 Å². The number of rotatable bonds is 4. The van der Waals surface area contributed by atoms with E-state index in [-0.39, 0.29) is 11.9 Å². The van der Waals surface area contributed by atoms with Gasteiger partial charge in [-0.15, -0.1) is 11.3 Å². The largest absolute Gasteiger partial charge is 0.485 e. The van der Waals surface area contributed by atoms with E-state index in [0.717, 1.165) is 37.5 Å². The van der Waals surface area contributed by atoms with Crippen LogP contribution in [-0.2, 0) is 6.54 Å². The predicted molar refractivity (Wildman–Crippen MR) is 103 cm³/mol. The van der Waals surface area contributed by atoms with E-state index < -0.39 is 0 Å². The number of benzene rings is 1. The van der Waals surface area contributed by atoms with Crippen LogP contribution >= 0.6 is 22.9 Å². The highest BCUT2D eigenvalue weighted by Crippen LogP contribution is 2.39. The number of hydrogen-bond donors (Lipinski definition) is 1. The topological polar surface area (TPSA) is 50.8 Å². The van der Waals surface area contributed by atoms with Gasteiger partial charge in [-0.2, -0.15) is 0 Å². The van der Waals surface area contributed by atoms with E-state index >= 15 is 0 Å². The number of carbonyl (C=O) groups is 1. The number of nitrogens with one attached hydrogen (secondary N) is 1. The van der Waals surface area contributed by atoms with Crippen LogP contribution < -0.4 is 14.8 Å². The van der Waals surface area contributed by atoms with Gasteiger partial charge in [0.15, 0.2) is 11.5 Å². The van der Waals surface area contributed by atoms with Crippen molar-refractivity contribution in [3.8, 4) is 11.5 Å². The van der Waals surface area contributed by atoms with Gasteiger partial charge in [0.1, 0.15) is 18.1 Å². The summed E-state index contributed by atoms with van der Waals surface area (Å²) in [7, 11) is 0. The van der Waals surface area contributed by atoms with E-state index in [4.69, 9.17) is 21.1 Å². The van der Waals surface area contributed by atoms with Gasteiger partial charge in [-0.3, -0.25) is 9.69 Å². The fourth-order valence-corrected chi connectivity index (χ4v) is 4.39. The summed E-state index contributed by atoms with van der Waals surface area (Å²) in [5.41, 5.74) is 1.24. The number of halogens is 1. The number of hydrogen-bond acceptors (Lipinski definition) is 5. The minimum absolute atomic E-state index is 0.0694. The van der Waals surface area contributed by atoms with E-state index in [1.54, 1.807) is 0 Å². The van der Waals surface area contributed by atoms with Gasteiger partial charge in [-0.25, -0.2) is 0 Å². The molecular weight excluding hydrogens is 372 g/mol. The maximum Gasteiger partial charge on any atom is 0.265 e. The Morgan fingerprint density at radius 2 is 2.08 bits per heavy atom. The number of nitrogens with zero attached hydrogens (tertiary/aromatic N) is 1. The molecule has 1 amide bonds. The summed E-state index contributed by atoms with van der Waals surface area (Å²) in [4.78, 5) is 15.7. The average Bonchev–Trinajstić information content (AvgIpc) is 3.08. The number of piperidine rings is 1. The quantitative estimate of drug-likeness (QED) is 0.864. The zero-order chi connectivity index (χ0) is 17.9. The molecule has 7 heteroatoms. The molecule has 0 radical (unpaired) electrons. The van der Waals surface area contributed by atoms with Crippen molar-refractivity contribution in [1.82, 2.24) is 10.2 Å². The number of likely N-dealkylation sites (tertiary alicyclic amines) is 1. The van der Waals surface area contributed by atoms with Gasteiger partial charge in [-0.05, 0) is 37.1 Å². The van der Waals surface area contributed by atoms with Crippen molar-refractivity contribution in [2.24, 2.45) is 0 Å². The second kappa shape index (κ2) is 7.86. The van der Waals surface area contributed by atoms with Crippen LogP contribution in [-0.4, -0.2) is 43.2 Å². The van der Waals surface area contributed by atoms with Gasteiger partial charge >= 0.3 is 0 Å². The SMILES string of the molecule is O=C(N[C@H]1CCCN(Cc2ccc(Cl)cc2)C1)c1scc2c1OCCO2. The molecule has 2 aromatic rings. The molecule has 0 bridgehead atoms. The third-order valence-electron chi connectivity index (χ3n) is 4.67. The first-order valence-corrected chi connectivity index (χ1v) is 10.1. The molecule has 1 aromatic heterocycles. The zero-order valence-corrected chi connectivity index (χ0v) is 15.9. The first-order valence-electron chi connectivity index (χ1n) is 8.84. The predicted octanol–water partition coefficient (Wildman–Crippen LogP) is 3.57. The molecular formula is C19H21ClN2O3S.